The van der Waals surface area contributed by atoms with Crippen LogP contribution < -0.4 is 10.4 Å². The second-order valence-corrected chi connectivity index (χ2v) is 14.1. The van der Waals surface area contributed by atoms with E-state index >= 15 is 0 Å². The third kappa shape index (κ3) is 4.48. The number of aliphatic carboxylic acids is 1. The number of amides is 2. The van der Waals surface area contributed by atoms with Gasteiger partial charge in [0.25, 0.3) is 11.8 Å². The topological polar surface area (TPSA) is 74.7 Å². The van der Waals surface area contributed by atoms with Gasteiger partial charge < -0.3 is 5.11 Å². The van der Waals surface area contributed by atoms with Crippen LogP contribution in [0.1, 0.15) is 33.2 Å². The summed E-state index contributed by atoms with van der Waals surface area (Å²) in [6.45, 7) is 1.72. The van der Waals surface area contributed by atoms with Crippen LogP contribution in [0, 0.1) is 5.92 Å². The third-order valence-electron chi connectivity index (χ3n) is 7.61. The van der Waals surface area contributed by atoms with Gasteiger partial charge in [0.1, 0.15) is 8.07 Å². The van der Waals surface area contributed by atoms with E-state index in [9.17, 15) is 19.5 Å². The zero-order valence-electron chi connectivity index (χ0n) is 21.2. The molecule has 0 saturated carbocycles. The van der Waals surface area contributed by atoms with Crippen LogP contribution in [0.3, 0.4) is 0 Å². The maximum absolute atomic E-state index is 14.0. The summed E-state index contributed by atoms with van der Waals surface area (Å²) >= 11 is 0. The Hall–Kier alpha value is -4.29. The van der Waals surface area contributed by atoms with E-state index in [2.05, 4.69) is 0 Å². The maximum Gasteiger partial charge on any atom is 0.305 e. The van der Waals surface area contributed by atoms with Crippen LogP contribution in [0.2, 0.25) is 6.04 Å². The molecule has 5 rings (SSSR count). The number of carboxylic acid groups (broad SMARTS) is 1. The lowest BCUT2D eigenvalue weighted by Gasteiger charge is -2.44. The molecule has 190 valence electrons. The summed E-state index contributed by atoms with van der Waals surface area (Å²) in [5, 5.41) is 12.1. The van der Waals surface area contributed by atoms with Crippen LogP contribution in [0.5, 0.6) is 0 Å². The molecule has 0 bridgehead atoms. The minimum atomic E-state index is -3.17. The zero-order chi connectivity index (χ0) is 26.7. The van der Waals surface area contributed by atoms with Gasteiger partial charge in [-0.25, -0.2) is 0 Å². The fourth-order valence-electron chi connectivity index (χ4n) is 5.78. The van der Waals surface area contributed by atoms with Crippen molar-refractivity contribution < 1.29 is 19.5 Å². The van der Waals surface area contributed by atoms with Crippen LogP contribution in [0.15, 0.2) is 115 Å². The minimum Gasteiger partial charge on any atom is -0.481 e. The summed E-state index contributed by atoms with van der Waals surface area (Å²) in [5.74, 6) is -2.22. The second-order valence-electron chi connectivity index (χ2n) is 9.88. The quantitative estimate of drug-likeness (QED) is 0.263. The number of hydrogen-bond donors (Lipinski definition) is 1. The molecule has 0 saturated heterocycles. The van der Waals surface area contributed by atoms with E-state index in [1.165, 1.54) is 4.90 Å². The van der Waals surface area contributed by atoms with E-state index in [0.29, 0.717) is 23.6 Å². The van der Waals surface area contributed by atoms with Crippen LogP contribution in [-0.4, -0.2) is 41.5 Å². The van der Waals surface area contributed by atoms with Crippen molar-refractivity contribution in [1.29, 1.82) is 0 Å². The molecule has 0 unspecified atom stereocenters. The lowest BCUT2D eigenvalue weighted by molar-refractivity contribution is -0.140. The summed E-state index contributed by atoms with van der Waals surface area (Å²) in [6.07, 6.45) is 0.425. The van der Waals surface area contributed by atoms with Gasteiger partial charge in [-0.3, -0.25) is 19.3 Å². The summed E-state index contributed by atoms with van der Waals surface area (Å²) in [5.41, 5.74) is 1.22. The molecule has 0 aliphatic carbocycles. The molecule has 5 nitrogen and oxygen atoms in total. The molecular formula is C32H29NO4Si. The second kappa shape index (κ2) is 10.6. The van der Waals surface area contributed by atoms with Gasteiger partial charge in [-0.15, -0.1) is 0 Å². The molecule has 0 aromatic heterocycles. The van der Waals surface area contributed by atoms with Crippen molar-refractivity contribution in [1.82, 2.24) is 4.90 Å². The highest BCUT2D eigenvalue weighted by molar-refractivity contribution is 7.03. The third-order valence-corrected chi connectivity index (χ3v) is 13.2. The number of imide groups is 1. The lowest BCUT2D eigenvalue weighted by atomic mass is 10.1. The van der Waals surface area contributed by atoms with Crippen molar-refractivity contribution in [2.24, 2.45) is 5.92 Å². The minimum absolute atomic E-state index is 0.321. The van der Waals surface area contributed by atoms with Gasteiger partial charge in [0, 0.05) is 5.67 Å². The normalized spacial score (nSPS) is 14.7. The first-order valence-corrected chi connectivity index (χ1v) is 15.1. The Morgan fingerprint density at radius 1 is 0.711 bits per heavy atom. The summed E-state index contributed by atoms with van der Waals surface area (Å²) < 4.78 is 0. The highest BCUT2D eigenvalue weighted by Gasteiger charge is 2.53. The molecule has 4 aromatic carbocycles. The summed E-state index contributed by atoms with van der Waals surface area (Å²) in [4.78, 5) is 41.7. The first-order chi connectivity index (χ1) is 18.4. The molecule has 1 aliphatic heterocycles. The molecule has 0 fully saturated rings. The average Bonchev–Trinajstić information content (AvgIpc) is 3.21. The molecule has 2 amide bonds. The Labute approximate surface area is 223 Å². The lowest BCUT2D eigenvalue weighted by Crippen LogP contribution is -2.73. The highest BCUT2D eigenvalue weighted by atomic mass is 28.3. The Morgan fingerprint density at radius 2 is 1.13 bits per heavy atom. The first-order valence-electron chi connectivity index (χ1n) is 12.8. The van der Waals surface area contributed by atoms with Crippen molar-refractivity contribution in [3.05, 3.63) is 132 Å². The smallest absolute Gasteiger partial charge is 0.305 e. The van der Waals surface area contributed by atoms with E-state index in [4.69, 9.17) is 0 Å². The fourth-order valence-corrected chi connectivity index (χ4v) is 11.6. The average molecular weight is 520 g/mol. The Balaban J connectivity index is 1.81. The number of carbonyl (C=O) groups is 3. The number of hydrogen-bond acceptors (Lipinski definition) is 3. The van der Waals surface area contributed by atoms with E-state index < -0.39 is 25.6 Å². The SMILES string of the molecule is C[C@H](C[Si](c1ccccc1)(c1ccccc1)[C@H](Cc1ccccc1)N1C(=O)c2ccccc2C1=O)C(=O)O. The molecule has 38 heavy (non-hydrogen) atoms. The van der Waals surface area contributed by atoms with Gasteiger partial charge in [-0.2, -0.15) is 0 Å². The number of rotatable bonds is 9. The Bertz CT molecular complexity index is 1380. The van der Waals surface area contributed by atoms with Crippen molar-refractivity contribution in [3.63, 3.8) is 0 Å². The van der Waals surface area contributed by atoms with Crippen molar-refractivity contribution in [3.8, 4) is 0 Å². The van der Waals surface area contributed by atoms with Gasteiger partial charge >= 0.3 is 5.97 Å². The van der Waals surface area contributed by atoms with E-state index in [0.717, 1.165) is 15.9 Å². The first kappa shape index (κ1) is 25.4. The van der Waals surface area contributed by atoms with E-state index in [1.54, 1.807) is 31.2 Å². The maximum atomic E-state index is 14.0. The predicted octanol–water partition coefficient (Wildman–Crippen LogP) is 4.42. The molecule has 0 radical (unpaired) electrons. The largest absolute Gasteiger partial charge is 0.481 e. The number of carbonyl (C=O) groups excluding carboxylic acids is 2. The zero-order valence-corrected chi connectivity index (χ0v) is 22.2. The number of fused-ring (bicyclic) bond motifs is 1. The highest BCUT2D eigenvalue weighted by Crippen LogP contribution is 2.33. The molecule has 2 atom stereocenters. The fraction of sp³-hybridized carbons (Fsp3) is 0.156. The van der Waals surface area contributed by atoms with Crippen molar-refractivity contribution in [2.75, 3.05) is 0 Å². The Kier molecular flexibility index (Phi) is 7.07. The number of carboxylic acids is 1. The van der Waals surface area contributed by atoms with Gasteiger partial charge in [0.05, 0.1) is 17.0 Å². The summed E-state index contributed by atoms with van der Waals surface area (Å²) in [6, 6.07) is 36.9. The molecule has 1 aliphatic rings. The van der Waals surface area contributed by atoms with Gasteiger partial charge in [0.2, 0.25) is 0 Å². The molecule has 1 N–H and O–H groups in total. The summed E-state index contributed by atoms with van der Waals surface area (Å²) in [7, 11) is -3.17. The standard InChI is InChI=1S/C32H29NO4Si/c1-23(32(36)37)22-38(25-15-7-3-8-16-25,26-17-9-4-10-18-26)29(21-24-13-5-2-6-14-24)33-30(34)27-19-11-12-20-28(27)31(33)35/h2-20,23,29H,21-22H2,1H3,(H,36,37)/t23-,29-/m1/s1. The monoisotopic (exact) mass is 519 g/mol. The molecule has 4 aromatic rings. The Morgan fingerprint density at radius 3 is 1.58 bits per heavy atom. The van der Waals surface area contributed by atoms with Crippen LogP contribution >= 0.6 is 0 Å². The van der Waals surface area contributed by atoms with Gasteiger partial charge in [0.15, 0.2) is 0 Å². The molecule has 0 spiro atoms. The van der Waals surface area contributed by atoms with Crippen molar-refractivity contribution in [2.45, 2.75) is 25.1 Å². The van der Waals surface area contributed by atoms with Crippen molar-refractivity contribution >= 4 is 36.2 Å². The van der Waals surface area contributed by atoms with Crippen LogP contribution in [0.25, 0.3) is 0 Å². The molecule has 1 heterocycles. The molecular weight excluding hydrogens is 490 g/mol. The van der Waals surface area contributed by atoms with Crippen LogP contribution in [-0.2, 0) is 11.2 Å². The molecule has 6 heteroatoms. The van der Waals surface area contributed by atoms with Gasteiger partial charge in [-0.05, 0) is 30.2 Å². The van der Waals surface area contributed by atoms with Gasteiger partial charge in [-0.1, -0.05) is 120 Å². The van der Waals surface area contributed by atoms with E-state index in [-0.39, 0.29) is 11.8 Å². The number of nitrogens with zero attached hydrogens (tertiary/aromatic N) is 1. The van der Waals surface area contributed by atoms with E-state index in [1.807, 2.05) is 91.0 Å². The number of benzene rings is 4. The van der Waals surface area contributed by atoms with Crippen LogP contribution in [0.4, 0.5) is 0 Å². The predicted molar refractivity (Wildman–Crippen MR) is 150 cm³/mol.